The van der Waals surface area contributed by atoms with E-state index in [2.05, 4.69) is 26.0 Å². The summed E-state index contributed by atoms with van der Waals surface area (Å²) in [6, 6.07) is 4.33. The van der Waals surface area contributed by atoms with E-state index in [4.69, 9.17) is 10.1 Å². The third-order valence-electron chi connectivity index (χ3n) is 4.58. The summed E-state index contributed by atoms with van der Waals surface area (Å²) in [6.45, 7) is 4.21. The van der Waals surface area contributed by atoms with Crippen LogP contribution >= 0.6 is 0 Å². The van der Waals surface area contributed by atoms with E-state index in [1.807, 2.05) is 0 Å². The molecule has 1 aromatic carbocycles. The van der Waals surface area contributed by atoms with Crippen molar-refractivity contribution < 1.29 is 9.90 Å². The molecule has 21 heavy (non-hydrogen) atoms. The van der Waals surface area contributed by atoms with Gasteiger partial charge in [-0.25, -0.2) is 0 Å². The Kier molecular flexibility index (Phi) is 3.66. The standard InChI is InChI=1S/C18H21NO2/c1-11-9-15-13(7-8-18(20)21)14-5-3-4-6-16(14)19-17(15)10-12(11)2/h9-10H,3-8H2,1-2H3,(H,20,21). The average Bonchev–Trinajstić information content (AvgIpc) is 2.45. The van der Waals surface area contributed by atoms with Gasteiger partial charge in [0.05, 0.1) is 5.52 Å². The summed E-state index contributed by atoms with van der Waals surface area (Å²) in [6.07, 6.45) is 5.25. The fourth-order valence-electron chi connectivity index (χ4n) is 3.30. The van der Waals surface area contributed by atoms with Gasteiger partial charge in [0.2, 0.25) is 0 Å². The van der Waals surface area contributed by atoms with Crippen LogP contribution in [0.5, 0.6) is 0 Å². The summed E-state index contributed by atoms with van der Waals surface area (Å²) < 4.78 is 0. The lowest BCUT2D eigenvalue weighted by atomic mass is 9.87. The fraction of sp³-hybridized carbons (Fsp3) is 0.444. The van der Waals surface area contributed by atoms with E-state index in [0.29, 0.717) is 6.42 Å². The molecule has 1 aliphatic rings. The number of carboxylic acids is 1. The zero-order valence-corrected chi connectivity index (χ0v) is 12.7. The first-order chi connectivity index (χ1) is 10.1. The Morgan fingerprint density at radius 2 is 1.90 bits per heavy atom. The number of carboxylic acid groups (broad SMARTS) is 1. The molecule has 3 nitrogen and oxygen atoms in total. The van der Waals surface area contributed by atoms with Crippen LogP contribution in [-0.2, 0) is 24.1 Å². The van der Waals surface area contributed by atoms with Gasteiger partial charge in [-0.3, -0.25) is 9.78 Å². The van der Waals surface area contributed by atoms with E-state index >= 15 is 0 Å². The van der Waals surface area contributed by atoms with Gasteiger partial charge < -0.3 is 5.11 Å². The van der Waals surface area contributed by atoms with Crippen LogP contribution in [0.1, 0.15) is 47.2 Å². The number of carbonyl (C=O) groups is 1. The third-order valence-corrected chi connectivity index (χ3v) is 4.58. The van der Waals surface area contributed by atoms with Crippen LogP contribution in [0, 0.1) is 13.8 Å². The summed E-state index contributed by atoms with van der Waals surface area (Å²) in [5.41, 5.74) is 7.25. The number of fused-ring (bicyclic) bond motifs is 2. The topological polar surface area (TPSA) is 50.2 Å². The molecule has 1 heterocycles. The zero-order valence-electron chi connectivity index (χ0n) is 12.7. The number of aliphatic carboxylic acids is 1. The Morgan fingerprint density at radius 3 is 2.67 bits per heavy atom. The van der Waals surface area contributed by atoms with Gasteiger partial charge in [0.15, 0.2) is 0 Å². The Labute approximate surface area is 125 Å². The molecule has 2 aromatic rings. The lowest BCUT2D eigenvalue weighted by Gasteiger charge is -2.21. The zero-order chi connectivity index (χ0) is 15.0. The minimum atomic E-state index is -0.728. The van der Waals surface area contributed by atoms with Crippen LogP contribution in [0.25, 0.3) is 10.9 Å². The molecule has 0 bridgehead atoms. The Balaban J connectivity index is 2.22. The number of pyridine rings is 1. The molecule has 0 amide bonds. The monoisotopic (exact) mass is 283 g/mol. The second-order valence-electron chi connectivity index (χ2n) is 6.07. The largest absolute Gasteiger partial charge is 0.481 e. The van der Waals surface area contributed by atoms with Crippen molar-refractivity contribution in [1.29, 1.82) is 0 Å². The number of aryl methyl sites for hydroxylation is 4. The fourth-order valence-corrected chi connectivity index (χ4v) is 3.30. The summed E-state index contributed by atoms with van der Waals surface area (Å²) in [5, 5.41) is 10.2. The summed E-state index contributed by atoms with van der Waals surface area (Å²) in [5.74, 6) is -0.728. The van der Waals surface area contributed by atoms with Gasteiger partial charge in [0, 0.05) is 17.5 Å². The molecular weight excluding hydrogens is 262 g/mol. The Morgan fingerprint density at radius 1 is 1.19 bits per heavy atom. The minimum absolute atomic E-state index is 0.193. The van der Waals surface area contributed by atoms with Crippen LogP contribution in [0.2, 0.25) is 0 Å². The second kappa shape index (κ2) is 5.47. The lowest BCUT2D eigenvalue weighted by Crippen LogP contribution is -2.11. The van der Waals surface area contributed by atoms with E-state index in [1.165, 1.54) is 40.8 Å². The first kappa shape index (κ1) is 14.1. The molecule has 0 aliphatic heterocycles. The number of aromatic nitrogens is 1. The van der Waals surface area contributed by atoms with Crippen molar-refractivity contribution in [2.75, 3.05) is 0 Å². The van der Waals surface area contributed by atoms with Crippen LogP contribution in [0.3, 0.4) is 0 Å². The molecule has 1 aliphatic carbocycles. The van der Waals surface area contributed by atoms with Crippen molar-refractivity contribution in [3.8, 4) is 0 Å². The predicted octanol–water partition coefficient (Wildman–Crippen LogP) is 3.75. The first-order valence-corrected chi connectivity index (χ1v) is 7.69. The van der Waals surface area contributed by atoms with Crippen LogP contribution in [-0.4, -0.2) is 16.1 Å². The molecule has 1 aromatic heterocycles. The van der Waals surface area contributed by atoms with Crippen molar-refractivity contribution in [1.82, 2.24) is 4.98 Å². The normalized spacial score (nSPS) is 14.2. The highest BCUT2D eigenvalue weighted by molar-refractivity contribution is 5.86. The average molecular weight is 283 g/mol. The quantitative estimate of drug-likeness (QED) is 0.933. The smallest absolute Gasteiger partial charge is 0.303 e. The molecule has 0 unspecified atom stereocenters. The van der Waals surface area contributed by atoms with Crippen LogP contribution < -0.4 is 0 Å². The number of nitrogens with zero attached hydrogens (tertiary/aromatic N) is 1. The van der Waals surface area contributed by atoms with Gasteiger partial charge in [-0.05, 0) is 80.3 Å². The van der Waals surface area contributed by atoms with Crippen molar-refractivity contribution in [2.24, 2.45) is 0 Å². The number of hydrogen-bond donors (Lipinski definition) is 1. The van der Waals surface area contributed by atoms with Gasteiger partial charge >= 0.3 is 5.97 Å². The van der Waals surface area contributed by atoms with E-state index in [0.717, 1.165) is 23.7 Å². The third kappa shape index (κ3) is 2.65. The molecule has 0 saturated heterocycles. The molecule has 1 N–H and O–H groups in total. The number of benzene rings is 1. The molecule has 0 fully saturated rings. The van der Waals surface area contributed by atoms with Crippen LogP contribution in [0.15, 0.2) is 12.1 Å². The van der Waals surface area contributed by atoms with Crippen molar-refractivity contribution in [3.05, 3.63) is 40.1 Å². The molecular formula is C18H21NO2. The van der Waals surface area contributed by atoms with Gasteiger partial charge in [-0.15, -0.1) is 0 Å². The molecule has 0 atom stereocenters. The van der Waals surface area contributed by atoms with E-state index in [1.54, 1.807) is 0 Å². The van der Waals surface area contributed by atoms with E-state index < -0.39 is 5.97 Å². The predicted molar refractivity (Wildman–Crippen MR) is 83.8 cm³/mol. The maximum atomic E-state index is 11.0. The van der Waals surface area contributed by atoms with Gasteiger partial charge in [0.25, 0.3) is 0 Å². The second-order valence-corrected chi connectivity index (χ2v) is 6.07. The molecule has 110 valence electrons. The molecule has 3 rings (SSSR count). The molecule has 0 spiro atoms. The maximum Gasteiger partial charge on any atom is 0.303 e. The molecule has 0 radical (unpaired) electrons. The summed E-state index contributed by atoms with van der Waals surface area (Å²) in [4.78, 5) is 15.8. The van der Waals surface area contributed by atoms with Crippen LogP contribution in [0.4, 0.5) is 0 Å². The maximum absolute atomic E-state index is 11.0. The van der Waals surface area contributed by atoms with E-state index in [9.17, 15) is 4.79 Å². The number of rotatable bonds is 3. The minimum Gasteiger partial charge on any atom is -0.481 e. The van der Waals surface area contributed by atoms with E-state index in [-0.39, 0.29) is 6.42 Å². The van der Waals surface area contributed by atoms with Gasteiger partial charge in [-0.2, -0.15) is 0 Å². The summed E-state index contributed by atoms with van der Waals surface area (Å²) >= 11 is 0. The highest BCUT2D eigenvalue weighted by atomic mass is 16.4. The summed E-state index contributed by atoms with van der Waals surface area (Å²) in [7, 11) is 0. The molecule has 0 saturated carbocycles. The van der Waals surface area contributed by atoms with Crippen molar-refractivity contribution in [2.45, 2.75) is 52.4 Å². The first-order valence-electron chi connectivity index (χ1n) is 7.69. The number of hydrogen-bond acceptors (Lipinski definition) is 2. The lowest BCUT2D eigenvalue weighted by molar-refractivity contribution is -0.136. The SMILES string of the molecule is Cc1cc2nc3c(c(CCC(=O)O)c2cc1C)CCCC3. The van der Waals surface area contributed by atoms with Gasteiger partial charge in [-0.1, -0.05) is 0 Å². The Bertz CT molecular complexity index is 719. The Hall–Kier alpha value is -1.90. The van der Waals surface area contributed by atoms with Crippen molar-refractivity contribution >= 4 is 16.9 Å². The highest BCUT2D eigenvalue weighted by Gasteiger charge is 2.19. The molecule has 3 heteroatoms. The van der Waals surface area contributed by atoms with Gasteiger partial charge in [0.1, 0.15) is 0 Å². The highest BCUT2D eigenvalue weighted by Crippen LogP contribution is 2.31. The van der Waals surface area contributed by atoms with Crippen molar-refractivity contribution in [3.63, 3.8) is 0 Å².